The van der Waals surface area contributed by atoms with Gasteiger partial charge in [-0.1, -0.05) is 40.0 Å². The number of hydrogen-bond acceptors (Lipinski definition) is 3. The fourth-order valence-electron chi connectivity index (χ4n) is 1.63. The van der Waals surface area contributed by atoms with Crippen LogP contribution in [0.5, 0.6) is 0 Å². The van der Waals surface area contributed by atoms with Crippen LogP contribution >= 0.6 is 0 Å². The lowest BCUT2D eigenvalue weighted by Gasteiger charge is -2.33. The molecule has 0 saturated carbocycles. The van der Waals surface area contributed by atoms with Gasteiger partial charge in [-0.15, -0.1) is 0 Å². The first-order chi connectivity index (χ1) is 5.39. The zero-order chi connectivity index (χ0) is 9.83. The normalized spacial score (nSPS) is 13.5. The molecule has 0 aromatic heterocycles. The Hall–Kier alpha value is -0.120. The SMILES string of the molecule is CCC(CC)(CC)CC(O)(O)O. The van der Waals surface area contributed by atoms with Gasteiger partial charge in [0.1, 0.15) is 0 Å². The molecule has 0 heterocycles. The molecule has 0 amide bonds. The molecule has 0 fully saturated rings. The first kappa shape index (κ1) is 11.9. The van der Waals surface area contributed by atoms with Crippen LogP contribution in [0.4, 0.5) is 0 Å². The Labute approximate surface area is 74.0 Å². The van der Waals surface area contributed by atoms with Crippen LogP contribution in [0.3, 0.4) is 0 Å². The minimum absolute atomic E-state index is 0.0312. The summed E-state index contributed by atoms with van der Waals surface area (Å²) in [6, 6.07) is 0. The first-order valence-corrected chi connectivity index (χ1v) is 4.56. The van der Waals surface area contributed by atoms with Gasteiger partial charge >= 0.3 is 0 Å². The van der Waals surface area contributed by atoms with Gasteiger partial charge in [-0.3, -0.25) is 0 Å². The molecule has 3 N–H and O–H groups in total. The van der Waals surface area contributed by atoms with Crippen LogP contribution in [0, 0.1) is 5.41 Å². The van der Waals surface area contributed by atoms with Crippen LogP contribution < -0.4 is 0 Å². The van der Waals surface area contributed by atoms with E-state index in [9.17, 15) is 0 Å². The second-order valence-electron chi connectivity index (χ2n) is 3.51. The summed E-state index contributed by atoms with van der Waals surface area (Å²) in [5.41, 5.74) is -0.141. The fourth-order valence-corrected chi connectivity index (χ4v) is 1.63. The molecule has 0 saturated heterocycles. The van der Waals surface area contributed by atoms with E-state index in [1.165, 1.54) is 0 Å². The summed E-state index contributed by atoms with van der Waals surface area (Å²) in [7, 11) is 0. The molecule has 0 bridgehead atoms. The molecule has 3 nitrogen and oxygen atoms in total. The molecule has 74 valence electrons. The Morgan fingerprint density at radius 3 is 1.25 bits per heavy atom. The van der Waals surface area contributed by atoms with Gasteiger partial charge in [0.05, 0.1) is 0 Å². The molecule has 0 aromatic rings. The van der Waals surface area contributed by atoms with Gasteiger partial charge in [0.15, 0.2) is 0 Å². The Balaban J connectivity index is 4.30. The van der Waals surface area contributed by atoms with Gasteiger partial charge in [-0.25, -0.2) is 0 Å². The van der Waals surface area contributed by atoms with Gasteiger partial charge in [0.2, 0.25) is 0 Å². The summed E-state index contributed by atoms with van der Waals surface area (Å²) in [6.45, 7) is 6.00. The standard InChI is InChI=1S/C9H20O3/c1-4-8(5-2,6-3)7-9(10,11)12/h10-12H,4-7H2,1-3H3. The Kier molecular flexibility index (Phi) is 4.17. The fraction of sp³-hybridized carbons (Fsp3) is 1.00. The monoisotopic (exact) mass is 176 g/mol. The van der Waals surface area contributed by atoms with Gasteiger partial charge in [0.25, 0.3) is 5.97 Å². The van der Waals surface area contributed by atoms with E-state index in [0.29, 0.717) is 0 Å². The summed E-state index contributed by atoms with van der Waals surface area (Å²) in [5.74, 6) is -2.51. The van der Waals surface area contributed by atoms with Crippen molar-refractivity contribution in [2.45, 2.75) is 52.4 Å². The van der Waals surface area contributed by atoms with Crippen molar-refractivity contribution in [2.75, 3.05) is 0 Å². The smallest absolute Gasteiger partial charge is 0.275 e. The Morgan fingerprint density at radius 2 is 1.17 bits per heavy atom. The largest absolute Gasteiger partial charge is 0.344 e. The summed E-state index contributed by atoms with van der Waals surface area (Å²) >= 11 is 0. The van der Waals surface area contributed by atoms with E-state index in [1.54, 1.807) is 0 Å². The van der Waals surface area contributed by atoms with E-state index in [1.807, 2.05) is 20.8 Å². The molecule has 0 aliphatic heterocycles. The molecular formula is C9H20O3. The van der Waals surface area contributed by atoms with Gasteiger partial charge in [0, 0.05) is 6.42 Å². The van der Waals surface area contributed by atoms with Gasteiger partial charge in [-0.2, -0.15) is 0 Å². The highest BCUT2D eigenvalue weighted by molar-refractivity contribution is 4.77. The van der Waals surface area contributed by atoms with Gasteiger partial charge < -0.3 is 15.3 Å². The number of rotatable bonds is 5. The third kappa shape index (κ3) is 3.52. The lowest BCUT2D eigenvalue weighted by atomic mass is 9.76. The van der Waals surface area contributed by atoms with Crippen molar-refractivity contribution in [2.24, 2.45) is 5.41 Å². The second kappa shape index (κ2) is 4.21. The first-order valence-electron chi connectivity index (χ1n) is 4.56. The van der Waals surface area contributed by atoms with Crippen LogP contribution in [0.15, 0.2) is 0 Å². The number of hydrogen-bond donors (Lipinski definition) is 3. The van der Waals surface area contributed by atoms with E-state index in [2.05, 4.69) is 0 Å². The summed E-state index contributed by atoms with van der Waals surface area (Å²) in [4.78, 5) is 0. The molecule has 3 heteroatoms. The highest BCUT2D eigenvalue weighted by Gasteiger charge is 2.33. The summed E-state index contributed by atoms with van der Waals surface area (Å²) in [5, 5.41) is 26.6. The minimum Gasteiger partial charge on any atom is -0.344 e. The van der Waals surface area contributed by atoms with Crippen molar-refractivity contribution in [3.8, 4) is 0 Å². The quantitative estimate of drug-likeness (QED) is 0.552. The average molecular weight is 176 g/mol. The maximum Gasteiger partial charge on any atom is 0.275 e. The maximum absolute atomic E-state index is 8.86. The highest BCUT2D eigenvalue weighted by atomic mass is 16.7. The lowest BCUT2D eigenvalue weighted by molar-refractivity contribution is -0.327. The van der Waals surface area contributed by atoms with Crippen molar-refractivity contribution in [1.29, 1.82) is 0 Å². The molecule has 0 aromatic carbocycles. The van der Waals surface area contributed by atoms with Crippen LogP contribution in [0.2, 0.25) is 0 Å². The van der Waals surface area contributed by atoms with Crippen molar-refractivity contribution in [3.05, 3.63) is 0 Å². The van der Waals surface area contributed by atoms with E-state index >= 15 is 0 Å². The predicted octanol–water partition coefficient (Wildman–Crippen LogP) is 1.22. The highest BCUT2D eigenvalue weighted by Crippen LogP contribution is 2.37. The molecule has 0 aliphatic rings. The molecule has 12 heavy (non-hydrogen) atoms. The topological polar surface area (TPSA) is 60.7 Å². The maximum atomic E-state index is 8.86. The average Bonchev–Trinajstić information content (AvgIpc) is 1.99. The van der Waals surface area contributed by atoms with Crippen LogP contribution in [-0.2, 0) is 0 Å². The van der Waals surface area contributed by atoms with Crippen LogP contribution in [-0.4, -0.2) is 21.3 Å². The minimum atomic E-state index is -2.51. The predicted molar refractivity (Wildman–Crippen MR) is 47.3 cm³/mol. The van der Waals surface area contributed by atoms with Crippen molar-refractivity contribution in [1.82, 2.24) is 0 Å². The molecular weight excluding hydrogens is 156 g/mol. The van der Waals surface area contributed by atoms with E-state index in [-0.39, 0.29) is 11.8 Å². The zero-order valence-corrected chi connectivity index (χ0v) is 8.17. The van der Waals surface area contributed by atoms with E-state index in [0.717, 1.165) is 19.3 Å². The third-order valence-electron chi connectivity index (χ3n) is 2.86. The van der Waals surface area contributed by atoms with Crippen molar-refractivity contribution in [3.63, 3.8) is 0 Å². The van der Waals surface area contributed by atoms with Crippen LogP contribution in [0.25, 0.3) is 0 Å². The molecule has 0 unspecified atom stereocenters. The molecule has 0 aliphatic carbocycles. The third-order valence-corrected chi connectivity index (χ3v) is 2.86. The van der Waals surface area contributed by atoms with Crippen molar-refractivity contribution >= 4 is 0 Å². The lowest BCUT2D eigenvalue weighted by Crippen LogP contribution is -2.36. The second-order valence-corrected chi connectivity index (χ2v) is 3.51. The Bertz CT molecular complexity index is 114. The summed E-state index contributed by atoms with van der Waals surface area (Å²) in [6.07, 6.45) is 2.58. The van der Waals surface area contributed by atoms with Crippen molar-refractivity contribution < 1.29 is 15.3 Å². The molecule has 0 radical (unpaired) electrons. The van der Waals surface area contributed by atoms with Crippen LogP contribution in [0.1, 0.15) is 46.5 Å². The van der Waals surface area contributed by atoms with E-state index in [4.69, 9.17) is 15.3 Å². The Morgan fingerprint density at radius 1 is 0.833 bits per heavy atom. The number of aliphatic hydroxyl groups is 3. The van der Waals surface area contributed by atoms with E-state index < -0.39 is 5.97 Å². The molecule has 0 atom stereocenters. The molecule has 0 rings (SSSR count). The molecule has 0 spiro atoms. The summed E-state index contributed by atoms with van der Waals surface area (Å²) < 4.78 is 0. The zero-order valence-electron chi connectivity index (χ0n) is 8.17. The van der Waals surface area contributed by atoms with Gasteiger partial charge in [-0.05, 0) is 5.41 Å².